The number of rotatable bonds is 12. The summed E-state index contributed by atoms with van der Waals surface area (Å²) < 4.78 is 26.5. The van der Waals surface area contributed by atoms with E-state index in [2.05, 4.69) is 31.3 Å². The summed E-state index contributed by atoms with van der Waals surface area (Å²) in [5.41, 5.74) is 10.7. The number of azide groups is 1. The average molecular weight is 659 g/mol. The molecule has 0 unspecified atom stereocenters. The Morgan fingerprint density at radius 2 is 1.80 bits per heavy atom. The van der Waals surface area contributed by atoms with Crippen LogP contribution in [0.5, 0.6) is 5.75 Å². The number of aliphatic hydroxyl groups excluding tert-OH is 1. The first-order chi connectivity index (χ1) is 21.4. The van der Waals surface area contributed by atoms with Crippen molar-refractivity contribution < 1.29 is 23.8 Å². The molecule has 4 aromatic carbocycles. The second kappa shape index (κ2) is 14.2. The van der Waals surface area contributed by atoms with E-state index in [0.29, 0.717) is 46.7 Å². The molecule has 0 radical (unpaired) electrons. The number of nitrogens with one attached hydrogen (secondary N) is 1. The molecule has 5 rings (SSSR count). The number of carbonyl (C=O) groups excluding carboxylic acids is 1. The third-order valence-electron chi connectivity index (χ3n) is 7.19. The van der Waals surface area contributed by atoms with Gasteiger partial charge in [-0.3, -0.25) is 4.79 Å². The topological polar surface area (TPSA) is 129 Å². The number of hydrogen-bond acceptors (Lipinski definition) is 6. The van der Waals surface area contributed by atoms with E-state index in [1.165, 1.54) is 12.1 Å². The van der Waals surface area contributed by atoms with Crippen LogP contribution in [0.2, 0.25) is 0 Å². The second-order valence-corrected chi connectivity index (χ2v) is 11.0. The summed E-state index contributed by atoms with van der Waals surface area (Å²) in [6, 6.07) is 27.5. The molecule has 0 aromatic heterocycles. The maximum atomic E-state index is 14.4. The van der Waals surface area contributed by atoms with Gasteiger partial charge in [0.2, 0.25) is 5.90 Å². The predicted molar refractivity (Wildman–Crippen MR) is 168 cm³/mol. The van der Waals surface area contributed by atoms with Crippen molar-refractivity contribution in [2.45, 2.75) is 31.0 Å². The van der Waals surface area contributed by atoms with Gasteiger partial charge in [-0.25, -0.2) is 9.38 Å². The van der Waals surface area contributed by atoms with Gasteiger partial charge >= 0.3 is 0 Å². The van der Waals surface area contributed by atoms with Crippen molar-refractivity contribution in [1.29, 1.82) is 0 Å². The van der Waals surface area contributed by atoms with Crippen molar-refractivity contribution in [1.82, 2.24) is 5.32 Å². The second-order valence-electron chi connectivity index (χ2n) is 10.1. The zero-order valence-corrected chi connectivity index (χ0v) is 25.2. The molecule has 9 nitrogen and oxygen atoms in total. The van der Waals surface area contributed by atoms with E-state index in [9.17, 15) is 14.7 Å². The highest BCUT2D eigenvalue weighted by atomic mass is 79.9. The number of ether oxygens (including phenoxy) is 2. The van der Waals surface area contributed by atoms with E-state index in [1.807, 2.05) is 24.3 Å². The van der Waals surface area contributed by atoms with E-state index in [0.717, 1.165) is 4.47 Å². The molecular formula is C33H29BrFN5O4. The van der Waals surface area contributed by atoms with Crippen LogP contribution >= 0.6 is 15.9 Å². The minimum atomic E-state index is -1.53. The van der Waals surface area contributed by atoms with Gasteiger partial charge in [-0.15, -0.1) is 0 Å². The highest BCUT2D eigenvalue weighted by Gasteiger charge is 2.54. The molecular weight excluding hydrogens is 629 g/mol. The normalized spacial score (nSPS) is 17.2. The summed E-state index contributed by atoms with van der Waals surface area (Å²) in [6.45, 7) is 0.541. The summed E-state index contributed by atoms with van der Waals surface area (Å²) in [6.07, 6.45) is -0.311. The molecule has 1 amide bonds. The zero-order valence-electron chi connectivity index (χ0n) is 23.6. The Hall–Kier alpha value is -4.70. The SMILES string of the molecule is [N-]=[N+]=Nc1ccccc1C[C@@]1(C(=O)NCc2ccc(F)cc2)N=C(c2ccc(OCCCO)cc2)O[C@@H]1c1ccccc1Br. The highest BCUT2D eigenvalue weighted by Crippen LogP contribution is 2.45. The van der Waals surface area contributed by atoms with Crippen LogP contribution in [-0.2, 0) is 22.5 Å². The van der Waals surface area contributed by atoms with Crippen molar-refractivity contribution in [3.63, 3.8) is 0 Å². The Kier molecular flexibility index (Phi) is 9.91. The Morgan fingerprint density at radius 3 is 2.52 bits per heavy atom. The van der Waals surface area contributed by atoms with E-state index in [1.54, 1.807) is 60.7 Å². The molecule has 2 atom stereocenters. The molecule has 1 aliphatic rings. The lowest BCUT2D eigenvalue weighted by molar-refractivity contribution is -0.129. The van der Waals surface area contributed by atoms with Crippen molar-refractivity contribution in [3.05, 3.63) is 140 Å². The summed E-state index contributed by atoms with van der Waals surface area (Å²) in [5.74, 6) is 0.0846. The van der Waals surface area contributed by atoms with Gasteiger partial charge in [-0.05, 0) is 59.1 Å². The third kappa shape index (κ3) is 6.92. The van der Waals surface area contributed by atoms with Crippen LogP contribution < -0.4 is 10.1 Å². The molecule has 11 heteroatoms. The number of carbonyl (C=O) groups is 1. The highest BCUT2D eigenvalue weighted by molar-refractivity contribution is 9.10. The average Bonchev–Trinajstić information content (AvgIpc) is 3.42. The first-order valence-corrected chi connectivity index (χ1v) is 14.7. The first kappa shape index (κ1) is 30.7. The maximum absolute atomic E-state index is 14.4. The fourth-order valence-corrected chi connectivity index (χ4v) is 5.47. The largest absolute Gasteiger partial charge is 0.494 e. The molecule has 0 saturated carbocycles. The van der Waals surface area contributed by atoms with Gasteiger partial charge in [-0.1, -0.05) is 75.6 Å². The molecule has 0 spiro atoms. The number of benzene rings is 4. The third-order valence-corrected chi connectivity index (χ3v) is 7.91. The molecule has 0 bridgehead atoms. The minimum Gasteiger partial charge on any atom is -0.494 e. The van der Waals surface area contributed by atoms with Crippen molar-refractivity contribution in [3.8, 4) is 5.75 Å². The summed E-state index contributed by atoms with van der Waals surface area (Å²) in [5, 5.41) is 15.9. The standard InChI is InChI=1S/C33H29BrFN5O4/c34-28-8-3-2-7-27(28)30-33(20-24-6-1-4-9-29(24)39-40-36,32(42)37-21-22-10-14-25(35)15-11-22)38-31(44-30)23-12-16-26(17-13-23)43-19-5-18-41/h1-4,6-17,30,41H,5,18-21H2,(H,37,42)/t30-,33-/m1/s1. The Labute approximate surface area is 262 Å². The van der Waals surface area contributed by atoms with Gasteiger partial charge in [0.1, 0.15) is 11.6 Å². The van der Waals surface area contributed by atoms with Crippen LogP contribution in [0.4, 0.5) is 10.1 Å². The van der Waals surface area contributed by atoms with Gasteiger partial charge in [0.05, 0.1) is 6.61 Å². The van der Waals surface area contributed by atoms with Crippen LogP contribution in [0.15, 0.2) is 112 Å². The molecule has 44 heavy (non-hydrogen) atoms. The monoisotopic (exact) mass is 657 g/mol. The van der Waals surface area contributed by atoms with Crippen LogP contribution in [0.25, 0.3) is 10.4 Å². The Bertz CT molecular complexity index is 1690. The molecule has 4 aromatic rings. The molecule has 0 fully saturated rings. The van der Waals surface area contributed by atoms with Crippen molar-refractivity contribution >= 4 is 33.4 Å². The molecule has 2 N–H and O–H groups in total. The lowest BCUT2D eigenvalue weighted by atomic mass is 9.81. The van der Waals surface area contributed by atoms with E-state index in [4.69, 9.17) is 19.6 Å². The number of hydrogen-bond donors (Lipinski definition) is 2. The number of aliphatic imine (C=N–C) groups is 1. The molecule has 1 aliphatic heterocycles. The van der Waals surface area contributed by atoms with Gasteiger partial charge in [0.15, 0.2) is 11.6 Å². The number of nitrogens with zero attached hydrogens (tertiary/aromatic N) is 4. The van der Waals surface area contributed by atoms with Crippen molar-refractivity contribution in [2.75, 3.05) is 13.2 Å². The smallest absolute Gasteiger partial charge is 0.252 e. The van der Waals surface area contributed by atoms with Gasteiger partial charge in [0.25, 0.3) is 5.91 Å². The molecule has 224 valence electrons. The summed E-state index contributed by atoms with van der Waals surface area (Å²) in [4.78, 5) is 22.4. The predicted octanol–water partition coefficient (Wildman–Crippen LogP) is 7.11. The lowest BCUT2D eigenvalue weighted by Gasteiger charge is -2.31. The van der Waals surface area contributed by atoms with Crippen LogP contribution in [-0.4, -0.2) is 35.7 Å². The van der Waals surface area contributed by atoms with Gasteiger partial charge < -0.3 is 19.9 Å². The quantitative estimate of drug-likeness (QED) is 0.0728. The van der Waals surface area contributed by atoms with Crippen LogP contribution in [0.3, 0.4) is 0 Å². The summed E-state index contributed by atoms with van der Waals surface area (Å²) in [7, 11) is 0. The fourth-order valence-electron chi connectivity index (χ4n) is 4.98. The first-order valence-electron chi connectivity index (χ1n) is 13.9. The van der Waals surface area contributed by atoms with Crippen LogP contribution in [0, 0.1) is 5.82 Å². The maximum Gasteiger partial charge on any atom is 0.252 e. The summed E-state index contributed by atoms with van der Waals surface area (Å²) >= 11 is 3.63. The Morgan fingerprint density at radius 1 is 1.07 bits per heavy atom. The zero-order chi connectivity index (χ0) is 30.9. The minimum absolute atomic E-state index is 0.0350. The lowest BCUT2D eigenvalue weighted by Crippen LogP contribution is -2.49. The van der Waals surface area contributed by atoms with E-state index < -0.39 is 17.6 Å². The van der Waals surface area contributed by atoms with Crippen LogP contribution in [0.1, 0.15) is 34.8 Å². The molecule has 0 aliphatic carbocycles. The Balaban J connectivity index is 1.60. The molecule has 1 heterocycles. The number of aliphatic hydroxyl groups is 1. The molecule has 0 saturated heterocycles. The van der Waals surface area contributed by atoms with Crippen molar-refractivity contribution in [2.24, 2.45) is 10.1 Å². The number of amides is 1. The van der Waals surface area contributed by atoms with E-state index in [-0.39, 0.29) is 31.3 Å². The van der Waals surface area contributed by atoms with Gasteiger partial charge in [0, 0.05) is 52.2 Å². The van der Waals surface area contributed by atoms with Gasteiger partial charge in [-0.2, -0.15) is 0 Å². The van der Waals surface area contributed by atoms with E-state index >= 15 is 0 Å². The fraction of sp³-hybridized carbons (Fsp3) is 0.212. The number of halogens is 2.